The number of aryl methyl sites for hydroxylation is 1. The normalized spacial score (nSPS) is 31.0. The number of fused-ring (bicyclic) bond motifs is 1. The lowest BCUT2D eigenvalue weighted by Gasteiger charge is -2.56. The lowest BCUT2D eigenvalue weighted by atomic mass is 9.48. The van der Waals surface area contributed by atoms with Gasteiger partial charge in [-0.25, -0.2) is 0 Å². The fraction of sp³-hybridized carbons (Fsp3) is 0.609. The number of carbonyl (C=O) groups excluding carboxylic acids is 1. The number of benzene rings is 1. The van der Waals surface area contributed by atoms with Gasteiger partial charge in [0.1, 0.15) is 5.75 Å². The van der Waals surface area contributed by atoms with Crippen LogP contribution in [0.5, 0.6) is 5.75 Å². The number of allylic oxidation sites excluding steroid dienone is 2. The second kappa shape index (κ2) is 6.30. The fourth-order valence-electron chi connectivity index (χ4n) is 5.72. The maximum absolute atomic E-state index is 13.6. The maximum Gasteiger partial charge on any atom is 0.170 e. The highest BCUT2D eigenvalue weighted by atomic mass is 16.5. The number of hydrogen-bond acceptors (Lipinski definition) is 2. The molecule has 0 bridgehead atoms. The van der Waals surface area contributed by atoms with Crippen LogP contribution in [0.3, 0.4) is 0 Å². The van der Waals surface area contributed by atoms with Crippen LogP contribution >= 0.6 is 0 Å². The summed E-state index contributed by atoms with van der Waals surface area (Å²) in [4.78, 5) is 13.6. The molecule has 2 aliphatic carbocycles. The van der Waals surface area contributed by atoms with Gasteiger partial charge in [-0.3, -0.25) is 4.79 Å². The van der Waals surface area contributed by atoms with Crippen LogP contribution in [0.25, 0.3) is 0 Å². The topological polar surface area (TPSA) is 26.3 Å². The fourth-order valence-corrected chi connectivity index (χ4v) is 5.72. The van der Waals surface area contributed by atoms with Crippen molar-refractivity contribution in [1.82, 2.24) is 0 Å². The van der Waals surface area contributed by atoms with Crippen LogP contribution in [-0.4, -0.2) is 12.9 Å². The highest BCUT2D eigenvalue weighted by Gasteiger charge is 2.54. The van der Waals surface area contributed by atoms with Gasteiger partial charge in [-0.05, 0) is 73.6 Å². The van der Waals surface area contributed by atoms with Crippen LogP contribution in [0.2, 0.25) is 0 Å². The molecule has 0 amide bonds. The van der Waals surface area contributed by atoms with Crippen molar-refractivity contribution in [3.63, 3.8) is 0 Å². The van der Waals surface area contributed by atoms with Crippen molar-refractivity contribution in [2.24, 2.45) is 22.7 Å². The van der Waals surface area contributed by atoms with Crippen LogP contribution in [0.1, 0.15) is 69.3 Å². The van der Waals surface area contributed by atoms with E-state index in [0.717, 1.165) is 29.7 Å². The summed E-state index contributed by atoms with van der Waals surface area (Å²) in [5.74, 6) is 1.59. The van der Waals surface area contributed by atoms with Gasteiger partial charge in [0.2, 0.25) is 0 Å². The zero-order chi connectivity index (χ0) is 18.4. The van der Waals surface area contributed by atoms with Gasteiger partial charge in [0.15, 0.2) is 5.78 Å². The summed E-state index contributed by atoms with van der Waals surface area (Å²) in [6, 6.07) is 5.90. The molecule has 0 aromatic heterocycles. The number of Topliss-reactive ketones (excluding diaryl/α,β-unsaturated/α-hetero) is 1. The van der Waals surface area contributed by atoms with Crippen molar-refractivity contribution in [2.75, 3.05) is 7.11 Å². The largest absolute Gasteiger partial charge is 0.497 e. The molecule has 25 heavy (non-hydrogen) atoms. The Labute approximate surface area is 152 Å². The first-order valence-corrected chi connectivity index (χ1v) is 9.55. The van der Waals surface area contributed by atoms with Gasteiger partial charge < -0.3 is 4.74 Å². The van der Waals surface area contributed by atoms with Crippen LogP contribution in [0.15, 0.2) is 29.8 Å². The van der Waals surface area contributed by atoms with E-state index in [2.05, 4.69) is 33.8 Å². The third-order valence-electron chi connectivity index (χ3n) is 6.90. The first-order chi connectivity index (χ1) is 11.7. The van der Waals surface area contributed by atoms with Crippen LogP contribution < -0.4 is 4.74 Å². The summed E-state index contributed by atoms with van der Waals surface area (Å²) >= 11 is 0. The van der Waals surface area contributed by atoms with Crippen molar-refractivity contribution in [3.8, 4) is 5.75 Å². The monoisotopic (exact) mass is 340 g/mol. The van der Waals surface area contributed by atoms with E-state index in [0.29, 0.717) is 11.3 Å². The van der Waals surface area contributed by atoms with E-state index >= 15 is 0 Å². The summed E-state index contributed by atoms with van der Waals surface area (Å²) in [7, 11) is 1.66. The lowest BCUT2D eigenvalue weighted by molar-refractivity contribution is -0.0294. The molecule has 136 valence electrons. The lowest BCUT2D eigenvalue weighted by Crippen LogP contribution is -2.50. The Morgan fingerprint density at radius 3 is 2.52 bits per heavy atom. The van der Waals surface area contributed by atoms with Gasteiger partial charge in [0.25, 0.3) is 0 Å². The van der Waals surface area contributed by atoms with Gasteiger partial charge in [-0.15, -0.1) is 0 Å². The predicted molar refractivity (Wildman–Crippen MR) is 103 cm³/mol. The van der Waals surface area contributed by atoms with Crippen LogP contribution in [0.4, 0.5) is 0 Å². The van der Waals surface area contributed by atoms with Crippen LogP contribution in [-0.2, 0) is 0 Å². The smallest absolute Gasteiger partial charge is 0.170 e. The third kappa shape index (κ3) is 3.05. The van der Waals surface area contributed by atoms with Crippen molar-refractivity contribution in [1.29, 1.82) is 0 Å². The average molecular weight is 341 g/mol. The standard InChI is InChI=1S/C23H32O2/c1-15-12-17(14-18(13-15)25-6)21(24)20-16(2)8-9-19-22(3,4)10-7-11-23(19,20)5/h8,12-14,19-20H,7,9-11H2,1-6H3. The minimum absolute atomic E-state index is 0.0164. The highest BCUT2D eigenvalue weighted by Crippen LogP contribution is 2.60. The molecule has 2 nitrogen and oxygen atoms in total. The molecule has 1 aromatic carbocycles. The van der Waals surface area contributed by atoms with Gasteiger partial charge >= 0.3 is 0 Å². The van der Waals surface area contributed by atoms with Crippen molar-refractivity contribution in [2.45, 2.75) is 60.3 Å². The van der Waals surface area contributed by atoms with Gasteiger partial charge in [0.05, 0.1) is 7.11 Å². The van der Waals surface area contributed by atoms with E-state index in [1.54, 1.807) is 7.11 Å². The van der Waals surface area contributed by atoms with E-state index in [9.17, 15) is 4.79 Å². The molecule has 1 fully saturated rings. The SMILES string of the molecule is COc1cc(C)cc(C(=O)C2C(C)=CCC3C(C)(C)CCCC23C)c1. The molecule has 2 heteroatoms. The molecule has 3 atom stereocenters. The van der Waals surface area contributed by atoms with Crippen molar-refractivity contribution >= 4 is 5.78 Å². The van der Waals surface area contributed by atoms with E-state index in [-0.39, 0.29) is 17.1 Å². The Balaban J connectivity index is 2.05. The molecule has 0 N–H and O–H groups in total. The first-order valence-electron chi connectivity index (χ1n) is 9.55. The Kier molecular flexibility index (Phi) is 4.59. The van der Waals surface area contributed by atoms with Crippen molar-refractivity contribution < 1.29 is 9.53 Å². The second-order valence-electron chi connectivity index (χ2n) is 9.12. The first kappa shape index (κ1) is 18.2. The minimum atomic E-state index is -0.0164. The molecule has 0 radical (unpaired) electrons. The molecule has 0 saturated heterocycles. The van der Waals surface area contributed by atoms with E-state index in [1.165, 1.54) is 18.4 Å². The summed E-state index contributed by atoms with van der Waals surface area (Å²) in [5, 5.41) is 0. The molecule has 3 rings (SSSR count). The second-order valence-corrected chi connectivity index (χ2v) is 9.12. The zero-order valence-corrected chi connectivity index (χ0v) is 16.6. The Hall–Kier alpha value is -1.57. The van der Waals surface area contributed by atoms with E-state index in [4.69, 9.17) is 4.74 Å². The predicted octanol–water partition coefficient (Wildman–Crippen LogP) is 5.99. The molecule has 3 unspecified atom stereocenters. The number of carbonyl (C=O) groups is 1. The molecular formula is C23H32O2. The minimum Gasteiger partial charge on any atom is -0.497 e. The summed E-state index contributed by atoms with van der Waals surface area (Å²) in [6.07, 6.45) is 7.06. The van der Waals surface area contributed by atoms with E-state index < -0.39 is 0 Å². The number of ketones is 1. The van der Waals surface area contributed by atoms with Crippen LogP contribution in [0, 0.1) is 29.6 Å². The van der Waals surface area contributed by atoms with Gasteiger partial charge in [0, 0.05) is 11.5 Å². The average Bonchev–Trinajstić information content (AvgIpc) is 2.52. The maximum atomic E-state index is 13.6. The number of ether oxygens (including phenoxy) is 1. The number of hydrogen-bond donors (Lipinski definition) is 0. The van der Waals surface area contributed by atoms with E-state index in [1.807, 2.05) is 25.1 Å². The van der Waals surface area contributed by atoms with Gasteiger partial charge in [-0.1, -0.05) is 38.8 Å². The summed E-state index contributed by atoms with van der Waals surface area (Å²) in [6.45, 7) is 11.3. The molecule has 0 heterocycles. The molecule has 2 aliphatic rings. The number of methoxy groups -OCH3 is 1. The molecule has 1 saturated carbocycles. The molecule has 0 spiro atoms. The Morgan fingerprint density at radius 1 is 1.12 bits per heavy atom. The Morgan fingerprint density at radius 2 is 1.84 bits per heavy atom. The molecular weight excluding hydrogens is 308 g/mol. The Bertz CT molecular complexity index is 713. The zero-order valence-electron chi connectivity index (χ0n) is 16.6. The summed E-state index contributed by atoms with van der Waals surface area (Å²) in [5.41, 5.74) is 3.47. The summed E-state index contributed by atoms with van der Waals surface area (Å²) < 4.78 is 5.40. The third-order valence-corrected chi connectivity index (χ3v) is 6.90. The molecule has 1 aromatic rings. The molecule has 0 aliphatic heterocycles. The number of rotatable bonds is 3. The van der Waals surface area contributed by atoms with Gasteiger partial charge in [-0.2, -0.15) is 0 Å². The van der Waals surface area contributed by atoms with Crippen molar-refractivity contribution in [3.05, 3.63) is 41.0 Å². The quantitative estimate of drug-likeness (QED) is 0.499. The highest BCUT2D eigenvalue weighted by molar-refractivity contribution is 6.00.